The van der Waals surface area contributed by atoms with E-state index in [0.29, 0.717) is 23.1 Å². The summed E-state index contributed by atoms with van der Waals surface area (Å²) in [6.45, 7) is 0. The molecule has 6 heteroatoms. The predicted molar refractivity (Wildman–Crippen MR) is 106 cm³/mol. The Hall–Kier alpha value is -2.47. The van der Waals surface area contributed by atoms with E-state index in [0.717, 1.165) is 23.7 Å². The second-order valence-corrected chi connectivity index (χ2v) is 8.68. The third kappa shape index (κ3) is 2.62. The summed E-state index contributed by atoms with van der Waals surface area (Å²) in [6, 6.07) is 13.6. The number of anilines is 1. The molecule has 2 bridgehead atoms. The molecule has 0 N–H and O–H groups in total. The van der Waals surface area contributed by atoms with Crippen LogP contribution in [0.4, 0.5) is 5.69 Å². The van der Waals surface area contributed by atoms with Crippen molar-refractivity contribution in [2.45, 2.75) is 19.3 Å². The zero-order valence-corrected chi connectivity index (χ0v) is 16.6. The molecular formula is C22H18BrNO4. The number of nitrogens with zero attached hydrogens (tertiary/aromatic N) is 1. The van der Waals surface area contributed by atoms with Crippen molar-refractivity contribution in [3.63, 3.8) is 0 Å². The number of para-hydroxylation sites is 2. The van der Waals surface area contributed by atoms with E-state index in [9.17, 15) is 14.4 Å². The molecule has 2 aromatic carbocycles. The van der Waals surface area contributed by atoms with Gasteiger partial charge < -0.3 is 4.74 Å². The Morgan fingerprint density at radius 1 is 0.929 bits per heavy atom. The Morgan fingerprint density at radius 2 is 1.54 bits per heavy atom. The first-order valence-electron chi connectivity index (χ1n) is 9.49. The van der Waals surface area contributed by atoms with Crippen molar-refractivity contribution in [2.75, 3.05) is 4.90 Å². The summed E-state index contributed by atoms with van der Waals surface area (Å²) in [7, 11) is 0. The Labute approximate surface area is 170 Å². The Balaban J connectivity index is 1.46. The first kappa shape index (κ1) is 17.6. The topological polar surface area (TPSA) is 63.7 Å². The first-order valence-corrected chi connectivity index (χ1v) is 10.3. The number of esters is 1. The normalized spacial score (nSPS) is 28.0. The smallest absolute Gasteiger partial charge is 0.343 e. The molecule has 1 saturated heterocycles. The van der Waals surface area contributed by atoms with Gasteiger partial charge in [0.2, 0.25) is 11.8 Å². The Morgan fingerprint density at radius 3 is 2.18 bits per heavy atom. The Kier molecular flexibility index (Phi) is 4.12. The van der Waals surface area contributed by atoms with Crippen molar-refractivity contribution in [2.24, 2.45) is 23.7 Å². The molecular weight excluding hydrogens is 422 g/mol. The largest absolute Gasteiger partial charge is 0.421 e. The van der Waals surface area contributed by atoms with Gasteiger partial charge in [0.15, 0.2) is 5.75 Å². The molecule has 3 aliphatic rings. The molecule has 5 rings (SSSR count). The minimum absolute atomic E-state index is 0.144. The standard InChI is InChI=1S/C22H18BrNO4/c23-15-9-7-12(8-10-15)22(27)28-17-4-2-1-3-16(17)24-20(25)18-13-5-6-14(11-13)19(18)21(24)26/h1-4,7-10,13-14,18-19H,5-6,11H2/t13-,14-,18-,19-/m0/s1. The van der Waals surface area contributed by atoms with Crippen LogP contribution < -0.4 is 9.64 Å². The Bertz CT molecular complexity index is 958. The number of carbonyl (C=O) groups is 3. The summed E-state index contributed by atoms with van der Waals surface area (Å²) in [5.41, 5.74) is 0.753. The maximum absolute atomic E-state index is 13.1. The zero-order chi connectivity index (χ0) is 19.4. The van der Waals surface area contributed by atoms with E-state index in [2.05, 4.69) is 15.9 Å². The van der Waals surface area contributed by atoms with Gasteiger partial charge in [-0.3, -0.25) is 9.59 Å². The van der Waals surface area contributed by atoms with Crippen LogP contribution in [0, 0.1) is 23.7 Å². The summed E-state index contributed by atoms with van der Waals surface area (Å²) in [5.74, 6) is -0.377. The molecule has 0 spiro atoms. The van der Waals surface area contributed by atoms with E-state index < -0.39 is 5.97 Å². The van der Waals surface area contributed by atoms with E-state index in [1.807, 2.05) is 0 Å². The average Bonchev–Trinajstić information content (AvgIpc) is 3.37. The summed E-state index contributed by atoms with van der Waals surface area (Å²) in [4.78, 5) is 40.0. The van der Waals surface area contributed by atoms with Crippen molar-refractivity contribution in [3.05, 3.63) is 58.6 Å². The molecule has 1 heterocycles. The zero-order valence-electron chi connectivity index (χ0n) is 15.0. The fraction of sp³-hybridized carbons (Fsp3) is 0.318. The molecule has 1 aliphatic heterocycles. The fourth-order valence-electron chi connectivity index (χ4n) is 5.12. The van der Waals surface area contributed by atoms with E-state index in [4.69, 9.17) is 4.74 Å². The second-order valence-electron chi connectivity index (χ2n) is 7.76. The number of imide groups is 1. The van der Waals surface area contributed by atoms with Gasteiger partial charge in [0.05, 0.1) is 23.1 Å². The van der Waals surface area contributed by atoms with Gasteiger partial charge in [0, 0.05) is 4.47 Å². The van der Waals surface area contributed by atoms with Crippen LogP contribution in [0.15, 0.2) is 53.0 Å². The van der Waals surface area contributed by atoms with Gasteiger partial charge in [-0.1, -0.05) is 28.1 Å². The molecule has 2 aromatic rings. The summed E-state index contributed by atoms with van der Waals surface area (Å²) in [5, 5.41) is 0. The van der Waals surface area contributed by atoms with E-state index in [1.54, 1.807) is 48.5 Å². The molecule has 0 radical (unpaired) electrons. The lowest BCUT2D eigenvalue weighted by atomic mass is 9.81. The van der Waals surface area contributed by atoms with Crippen LogP contribution in [0.1, 0.15) is 29.6 Å². The number of hydrogen-bond donors (Lipinski definition) is 0. The van der Waals surface area contributed by atoms with Crippen LogP contribution in [0.5, 0.6) is 5.75 Å². The van der Waals surface area contributed by atoms with Crippen molar-refractivity contribution in [3.8, 4) is 5.75 Å². The maximum Gasteiger partial charge on any atom is 0.343 e. The van der Waals surface area contributed by atoms with Gasteiger partial charge in [-0.15, -0.1) is 0 Å². The van der Waals surface area contributed by atoms with Crippen molar-refractivity contribution in [1.82, 2.24) is 0 Å². The summed E-state index contributed by atoms with van der Waals surface area (Å²) >= 11 is 3.34. The highest BCUT2D eigenvalue weighted by Gasteiger charge is 2.61. The van der Waals surface area contributed by atoms with Crippen LogP contribution in [0.3, 0.4) is 0 Å². The lowest BCUT2D eigenvalue weighted by Crippen LogP contribution is -2.33. The molecule has 2 aliphatic carbocycles. The lowest BCUT2D eigenvalue weighted by molar-refractivity contribution is -0.123. The number of halogens is 1. The van der Waals surface area contributed by atoms with E-state index >= 15 is 0 Å². The minimum atomic E-state index is -0.528. The van der Waals surface area contributed by atoms with Gasteiger partial charge in [-0.05, 0) is 67.5 Å². The predicted octanol–water partition coefficient (Wildman–Crippen LogP) is 4.20. The monoisotopic (exact) mass is 439 g/mol. The van der Waals surface area contributed by atoms with Gasteiger partial charge >= 0.3 is 5.97 Å². The van der Waals surface area contributed by atoms with Crippen molar-refractivity contribution < 1.29 is 19.1 Å². The molecule has 2 saturated carbocycles. The highest BCUT2D eigenvalue weighted by molar-refractivity contribution is 9.10. The second kappa shape index (κ2) is 6.55. The molecule has 142 valence electrons. The van der Waals surface area contributed by atoms with Crippen LogP contribution in [-0.2, 0) is 9.59 Å². The fourth-order valence-corrected chi connectivity index (χ4v) is 5.38. The number of ether oxygens (including phenoxy) is 1. The minimum Gasteiger partial charge on any atom is -0.421 e. The molecule has 28 heavy (non-hydrogen) atoms. The molecule has 5 nitrogen and oxygen atoms in total. The highest BCUT2D eigenvalue weighted by Crippen LogP contribution is 2.57. The highest BCUT2D eigenvalue weighted by atomic mass is 79.9. The van der Waals surface area contributed by atoms with Crippen LogP contribution in [-0.4, -0.2) is 17.8 Å². The molecule has 0 aromatic heterocycles. The third-order valence-electron chi connectivity index (χ3n) is 6.32. The molecule has 3 fully saturated rings. The number of carbonyl (C=O) groups excluding carboxylic acids is 3. The van der Waals surface area contributed by atoms with Crippen LogP contribution in [0.2, 0.25) is 0 Å². The van der Waals surface area contributed by atoms with Crippen LogP contribution in [0.25, 0.3) is 0 Å². The number of benzene rings is 2. The first-order chi connectivity index (χ1) is 13.5. The third-order valence-corrected chi connectivity index (χ3v) is 6.84. The van der Waals surface area contributed by atoms with Gasteiger partial charge in [0.1, 0.15) is 0 Å². The number of amides is 2. The summed E-state index contributed by atoms with van der Waals surface area (Å²) < 4.78 is 6.43. The maximum atomic E-state index is 13.1. The van der Waals surface area contributed by atoms with Gasteiger partial charge in [0.25, 0.3) is 0 Å². The number of fused-ring (bicyclic) bond motifs is 5. The van der Waals surface area contributed by atoms with Crippen LogP contribution >= 0.6 is 15.9 Å². The molecule has 2 amide bonds. The van der Waals surface area contributed by atoms with Gasteiger partial charge in [-0.25, -0.2) is 9.69 Å². The summed E-state index contributed by atoms with van der Waals surface area (Å²) in [6.07, 6.45) is 3.04. The lowest BCUT2D eigenvalue weighted by Gasteiger charge is -2.20. The number of hydrogen-bond acceptors (Lipinski definition) is 4. The average molecular weight is 440 g/mol. The SMILES string of the molecule is O=C(Oc1ccccc1N1C(=O)[C@H]2[C@H]3CC[C@@H](C3)[C@@H]2C1=O)c1ccc(Br)cc1. The van der Waals surface area contributed by atoms with Gasteiger partial charge in [-0.2, -0.15) is 0 Å². The van der Waals surface area contributed by atoms with E-state index in [-0.39, 0.29) is 29.4 Å². The molecule has 4 atom stereocenters. The molecule has 0 unspecified atom stereocenters. The van der Waals surface area contributed by atoms with E-state index in [1.165, 1.54) is 4.90 Å². The van der Waals surface area contributed by atoms with Crippen molar-refractivity contribution in [1.29, 1.82) is 0 Å². The van der Waals surface area contributed by atoms with Crippen molar-refractivity contribution >= 4 is 39.4 Å². The quantitative estimate of drug-likeness (QED) is 0.408. The number of rotatable bonds is 3.